The monoisotopic (exact) mass is 230 g/mol. The van der Waals surface area contributed by atoms with E-state index in [0.717, 1.165) is 5.56 Å². The van der Waals surface area contributed by atoms with Crippen LogP contribution < -0.4 is 0 Å². The van der Waals surface area contributed by atoms with Crippen LogP contribution in [0.5, 0.6) is 0 Å². The molecule has 0 saturated carbocycles. The zero-order chi connectivity index (χ0) is 11.5. The number of hydrogen-bond donors (Lipinski definition) is 0. The van der Waals surface area contributed by atoms with Gasteiger partial charge in [-0.1, -0.05) is 29.8 Å². The van der Waals surface area contributed by atoms with E-state index in [4.69, 9.17) is 16.9 Å². The molecule has 1 heterocycles. The van der Waals surface area contributed by atoms with E-state index in [9.17, 15) is 4.79 Å². The van der Waals surface area contributed by atoms with Crippen molar-refractivity contribution in [3.8, 4) is 6.07 Å². The van der Waals surface area contributed by atoms with Gasteiger partial charge in [0, 0.05) is 10.6 Å². The fourth-order valence-corrected chi connectivity index (χ4v) is 1.50. The van der Waals surface area contributed by atoms with Gasteiger partial charge in [-0.25, -0.2) is 4.99 Å². The minimum atomic E-state index is -0.754. The van der Waals surface area contributed by atoms with Crippen molar-refractivity contribution in [2.75, 3.05) is 0 Å². The zero-order valence-corrected chi connectivity index (χ0v) is 8.98. The predicted octanol–water partition coefficient (Wildman–Crippen LogP) is 2.37. The molecule has 1 aromatic rings. The first kappa shape index (κ1) is 10.6. The van der Waals surface area contributed by atoms with E-state index in [2.05, 4.69) is 4.99 Å². The number of carbonyl (C=O) groups excluding carboxylic acids is 1. The summed E-state index contributed by atoms with van der Waals surface area (Å²) in [5, 5.41) is 9.28. The van der Waals surface area contributed by atoms with Crippen LogP contribution >= 0.6 is 11.6 Å². The molecule has 78 valence electrons. The third-order valence-electron chi connectivity index (χ3n) is 2.22. The molecule has 0 fully saturated rings. The fraction of sp³-hybridized carbons (Fsp3) is 0.0833. The minimum Gasteiger partial charge on any atom is -0.271 e. The summed E-state index contributed by atoms with van der Waals surface area (Å²) in [6.45, 7) is 0. The summed E-state index contributed by atoms with van der Waals surface area (Å²) in [5.74, 6) is -1.17. The molecule has 0 spiro atoms. The van der Waals surface area contributed by atoms with Crippen LogP contribution in [0.1, 0.15) is 5.56 Å². The Balaban J connectivity index is 2.32. The Labute approximate surface area is 97.7 Å². The smallest absolute Gasteiger partial charge is 0.267 e. The number of rotatable bonds is 1. The summed E-state index contributed by atoms with van der Waals surface area (Å²) in [4.78, 5) is 15.2. The molecular formula is C12H7ClN2O. The van der Waals surface area contributed by atoms with E-state index in [1.807, 2.05) is 6.07 Å². The molecule has 1 atom stereocenters. The summed E-state index contributed by atoms with van der Waals surface area (Å²) < 4.78 is 0. The molecule has 1 amide bonds. The van der Waals surface area contributed by atoms with Crippen LogP contribution in [0.4, 0.5) is 0 Å². The summed E-state index contributed by atoms with van der Waals surface area (Å²) in [5.41, 5.74) is 1.37. The molecule has 0 N–H and O–H groups in total. The van der Waals surface area contributed by atoms with Crippen molar-refractivity contribution in [1.29, 1.82) is 5.26 Å². The van der Waals surface area contributed by atoms with E-state index in [1.165, 1.54) is 0 Å². The Morgan fingerprint density at radius 3 is 2.56 bits per heavy atom. The van der Waals surface area contributed by atoms with Gasteiger partial charge in [-0.05, 0) is 18.2 Å². The predicted molar refractivity (Wildman–Crippen MR) is 61.2 cm³/mol. The maximum Gasteiger partial charge on any atom is 0.267 e. The molecule has 0 saturated heterocycles. The highest BCUT2D eigenvalue weighted by Gasteiger charge is 2.18. The second-order valence-electron chi connectivity index (χ2n) is 3.31. The maximum atomic E-state index is 11.4. The summed E-state index contributed by atoms with van der Waals surface area (Å²) in [7, 11) is 0. The highest BCUT2D eigenvalue weighted by atomic mass is 35.5. The normalized spacial score (nSPS) is 19.1. The Kier molecular flexibility index (Phi) is 2.84. The van der Waals surface area contributed by atoms with Crippen LogP contribution in [0.15, 0.2) is 41.4 Å². The zero-order valence-electron chi connectivity index (χ0n) is 8.22. The first-order valence-electron chi connectivity index (χ1n) is 4.67. The lowest BCUT2D eigenvalue weighted by molar-refractivity contribution is -0.118. The molecule has 2 rings (SSSR count). The van der Waals surface area contributed by atoms with Crippen molar-refractivity contribution in [2.45, 2.75) is 0 Å². The second kappa shape index (κ2) is 4.30. The van der Waals surface area contributed by atoms with Crippen LogP contribution in [0, 0.1) is 17.2 Å². The molecule has 0 bridgehead atoms. The van der Waals surface area contributed by atoms with Crippen LogP contribution in [-0.2, 0) is 4.79 Å². The number of nitrogens with zero attached hydrogens (tertiary/aromatic N) is 2. The van der Waals surface area contributed by atoms with Gasteiger partial charge in [-0.3, -0.25) is 4.79 Å². The van der Waals surface area contributed by atoms with Gasteiger partial charge < -0.3 is 0 Å². The van der Waals surface area contributed by atoms with Gasteiger partial charge in [0.05, 0.1) is 11.8 Å². The third kappa shape index (κ3) is 2.02. The first-order valence-corrected chi connectivity index (χ1v) is 5.05. The number of halogens is 1. The molecular weight excluding hydrogens is 224 g/mol. The van der Waals surface area contributed by atoms with Gasteiger partial charge in [-0.2, -0.15) is 5.26 Å². The van der Waals surface area contributed by atoms with Crippen LogP contribution in [0.25, 0.3) is 0 Å². The van der Waals surface area contributed by atoms with Crippen LogP contribution in [0.3, 0.4) is 0 Å². The molecule has 3 nitrogen and oxygen atoms in total. The Hall–Kier alpha value is -1.92. The first-order chi connectivity index (χ1) is 7.70. The van der Waals surface area contributed by atoms with Gasteiger partial charge in [-0.15, -0.1) is 0 Å². The van der Waals surface area contributed by atoms with Crippen LogP contribution in [0.2, 0.25) is 5.02 Å². The highest BCUT2D eigenvalue weighted by Crippen LogP contribution is 2.15. The lowest BCUT2D eigenvalue weighted by atomic mass is 10.0. The van der Waals surface area contributed by atoms with E-state index in [-0.39, 0.29) is 0 Å². The van der Waals surface area contributed by atoms with E-state index < -0.39 is 11.8 Å². The van der Waals surface area contributed by atoms with Crippen molar-refractivity contribution in [3.63, 3.8) is 0 Å². The lowest BCUT2D eigenvalue weighted by Crippen LogP contribution is -2.15. The fourth-order valence-electron chi connectivity index (χ4n) is 1.37. The number of amides is 1. The highest BCUT2D eigenvalue weighted by molar-refractivity contribution is 6.30. The van der Waals surface area contributed by atoms with E-state index in [1.54, 1.807) is 36.4 Å². The minimum absolute atomic E-state index is 0.421. The second-order valence-corrected chi connectivity index (χ2v) is 3.74. The number of hydrogen-bond acceptors (Lipinski definition) is 2. The van der Waals surface area contributed by atoms with E-state index >= 15 is 0 Å². The molecule has 1 aromatic carbocycles. The number of carbonyl (C=O) groups is 1. The van der Waals surface area contributed by atoms with Gasteiger partial charge in [0.25, 0.3) is 5.91 Å². The van der Waals surface area contributed by atoms with Gasteiger partial charge in [0.1, 0.15) is 5.92 Å². The van der Waals surface area contributed by atoms with Crippen molar-refractivity contribution in [3.05, 3.63) is 47.0 Å². The number of dihydropyridines is 1. The van der Waals surface area contributed by atoms with Gasteiger partial charge in [0.2, 0.25) is 0 Å². The van der Waals surface area contributed by atoms with E-state index in [0.29, 0.717) is 10.7 Å². The molecule has 4 heteroatoms. The molecule has 0 aromatic heterocycles. The average Bonchev–Trinajstić information content (AvgIpc) is 2.30. The Morgan fingerprint density at radius 1 is 1.31 bits per heavy atom. The van der Waals surface area contributed by atoms with Crippen molar-refractivity contribution in [2.24, 2.45) is 10.9 Å². The molecule has 1 aliphatic rings. The van der Waals surface area contributed by atoms with Crippen molar-refractivity contribution >= 4 is 23.2 Å². The van der Waals surface area contributed by atoms with Gasteiger partial charge in [0.15, 0.2) is 0 Å². The molecule has 0 aliphatic carbocycles. The Morgan fingerprint density at radius 2 is 2.00 bits per heavy atom. The Bertz CT molecular complexity index is 523. The molecule has 16 heavy (non-hydrogen) atoms. The summed E-state index contributed by atoms with van der Waals surface area (Å²) in [6.07, 6.45) is 3.23. The maximum absolute atomic E-state index is 11.4. The van der Waals surface area contributed by atoms with Crippen molar-refractivity contribution in [1.82, 2.24) is 0 Å². The standard InChI is InChI=1S/C12H7ClN2O/c13-10-4-1-8(2-5-10)11-6-3-9(7-14)12(16)15-11/h1-6,9H/t9-/m0/s1. The van der Waals surface area contributed by atoms with Crippen LogP contribution in [-0.4, -0.2) is 11.6 Å². The third-order valence-corrected chi connectivity index (χ3v) is 2.47. The SMILES string of the molecule is N#C[C@@H]1C=CC(c2ccc(Cl)cc2)=NC1=O. The summed E-state index contributed by atoms with van der Waals surface area (Å²) in [6, 6.07) is 8.90. The summed E-state index contributed by atoms with van der Waals surface area (Å²) >= 11 is 5.76. The quantitative estimate of drug-likeness (QED) is 0.744. The number of benzene rings is 1. The molecule has 1 aliphatic heterocycles. The van der Waals surface area contributed by atoms with Gasteiger partial charge >= 0.3 is 0 Å². The largest absolute Gasteiger partial charge is 0.271 e. The molecule has 0 unspecified atom stereocenters. The average molecular weight is 231 g/mol. The number of nitriles is 1. The molecule has 0 radical (unpaired) electrons. The van der Waals surface area contributed by atoms with Crippen molar-refractivity contribution < 1.29 is 4.79 Å². The number of aliphatic imine (C=N–C) groups is 1. The lowest BCUT2D eigenvalue weighted by Gasteiger charge is -2.08. The number of allylic oxidation sites excluding steroid dienone is 1. The topological polar surface area (TPSA) is 53.2 Å².